The third kappa shape index (κ3) is 9.80. The summed E-state index contributed by atoms with van der Waals surface area (Å²) in [5, 5.41) is 10.8. The van der Waals surface area contributed by atoms with Gasteiger partial charge in [0.15, 0.2) is 0 Å². The molecular weight excluding hydrogens is 829 g/mol. The summed E-state index contributed by atoms with van der Waals surface area (Å²) in [5.41, 5.74) is 9.82. The first kappa shape index (κ1) is 48.8. The molecule has 0 spiro atoms. The molecule has 0 aromatic heterocycles. The molecule has 0 fully saturated rings. The first-order valence-electron chi connectivity index (χ1n) is 21.8. The molecule has 0 unspecified atom stereocenters. The van der Waals surface area contributed by atoms with Crippen molar-refractivity contribution in [1.82, 2.24) is 0 Å². The molecule has 0 radical (unpaired) electrons. The fourth-order valence-corrected chi connectivity index (χ4v) is 8.53. The molecule has 0 atom stereocenters. The van der Waals surface area contributed by atoms with E-state index in [0.29, 0.717) is 80.7 Å². The number of anilines is 4. The smallest absolute Gasteiger partial charge is 0.226 e. The highest BCUT2D eigenvalue weighted by Crippen LogP contribution is 2.46. The lowest BCUT2D eigenvalue weighted by atomic mass is 9.93. The van der Waals surface area contributed by atoms with Crippen molar-refractivity contribution in [1.29, 1.82) is 0 Å². The maximum atomic E-state index is 12.9. The monoisotopic (exact) mass is 889 g/mol. The molecule has 0 saturated heterocycles. The van der Waals surface area contributed by atoms with E-state index in [0.717, 1.165) is 39.1 Å². The Morgan fingerprint density at radius 2 is 1.23 bits per heavy atom. The summed E-state index contributed by atoms with van der Waals surface area (Å²) in [4.78, 5) is 30.6. The van der Waals surface area contributed by atoms with Gasteiger partial charge >= 0.3 is 0 Å². The minimum Gasteiger partial charge on any atom is -0.744 e. The highest BCUT2D eigenvalue weighted by atomic mass is 32.2. The largest absolute Gasteiger partial charge is 0.744 e. The van der Waals surface area contributed by atoms with Crippen molar-refractivity contribution in [2.45, 2.75) is 102 Å². The second-order valence-electron chi connectivity index (χ2n) is 16.1. The zero-order chi connectivity index (χ0) is 47.4. The standard InChI is InChI=1S/C49H56N4O8S.C2H6/c1-13-59-46-29(9)42(27(7)44(31(46)11)52-48(54)25(3)4)50-33-19-21-35-38(23-33)61-39-24-34(20-22-36(39)41(35)37-17-15-16-18-40(37)62(56,57)58)51-43-28(8)45(53-49(55)26(5)6)32(12)47(30(43)10)60-14-2;1-2/h15-26,50H,13-14H2,1-12H3,(H,52,54)(H,53,55)(H,56,57,58);1-2H3/p-1. The van der Waals surface area contributed by atoms with Crippen molar-refractivity contribution < 1.29 is 36.5 Å². The quantitative estimate of drug-likeness (QED) is 0.0754. The summed E-state index contributed by atoms with van der Waals surface area (Å²) in [6, 6.07) is 17.0. The van der Waals surface area contributed by atoms with Crippen LogP contribution in [0.2, 0.25) is 0 Å². The maximum Gasteiger partial charge on any atom is 0.226 e. The molecular formula is C51H61N4O8S-. The van der Waals surface area contributed by atoms with Gasteiger partial charge in [-0.1, -0.05) is 59.7 Å². The fourth-order valence-electron chi connectivity index (χ4n) is 7.85. The summed E-state index contributed by atoms with van der Waals surface area (Å²) in [7, 11) is -4.89. The van der Waals surface area contributed by atoms with Crippen LogP contribution in [0.3, 0.4) is 0 Å². The number of nitrogens with zero attached hydrogens (tertiary/aromatic N) is 1. The van der Waals surface area contributed by atoms with E-state index in [9.17, 15) is 22.6 Å². The minimum absolute atomic E-state index is 0.121. The second kappa shape index (κ2) is 20.1. The topological polar surface area (TPSA) is 171 Å². The van der Waals surface area contributed by atoms with Crippen LogP contribution < -0.4 is 30.8 Å². The number of rotatable bonds is 13. The van der Waals surface area contributed by atoms with E-state index in [1.165, 1.54) is 12.1 Å². The molecule has 64 heavy (non-hydrogen) atoms. The molecule has 1 aliphatic heterocycles. The lowest BCUT2D eigenvalue weighted by Crippen LogP contribution is -2.20. The number of hydrogen-bond donors (Lipinski definition) is 3. The molecule has 2 amide bonds. The normalized spacial score (nSPS) is 11.8. The van der Waals surface area contributed by atoms with Gasteiger partial charge in [-0.2, -0.15) is 0 Å². The summed E-state index contributed by atoms with van der Waals surface area (Å²) >= 11 is 0. The number of carbonyl (C=O) groups is 2. The Hall–Kier alpha value is -6.18. The Morgan fingerprint density at radius 1 is 0.688 bits per heavy atom. The number of amides is 2. The number of carbonyl (C=O) groups excluding carboxylic acids is 2. The van der Waals surface area contributed by atoms with Gasteiger partial charge in [-0.25, -0.2) is 13.4 Å². The van der Waals surface area contributed by atoms with Crippen LogP contribution in [0, 0.1) is 53.4 Å². The van der Waals surface area contributed by atoms with Crippen molar-refractivity contribution in [3.63, 3.8) is 0 Å². The molecule has 13 heteroatoms. The molecule has 1 heterocycles. The highest BCUT2D eigenvalue weighted by molar-refractivity contribution is 7.85. The summed E-state index contributed by atoms with van der Waals surface area (Å²) in [6.45, 7) is 27.6. The Labute approximate surface area is 377 Å². The van der Waals surface area contributed by atoms with E-state index in [1.54, 1.807) is 30.3 Å². The van der Waals surface area contributed by atoms with E-state index in [4.69, 9.17) is 18.9 Å². The number of hydrogen-bond acceptors (Lipinski definition) is 10. The van der Waals surface area contributed by atoms with Crippen LogP contribution in [-0.4, -0.2) is 38.0 Å². The molecule has 4 aromatic rings. The average Bonchev–Trinajstić information content (AvgIpc) is 3.26. The number of fused-ring (bicyclic) bond motifs is 2. The van der Waals surface area contributed by atoms with E-state index < -0.39 is 10.1 Å². The molecule has 3 N–H and O–H groups in total. The third-order valence-corrected chi connectivity index (χ3v) is 12.0. The first-order valence-corrected chi connectivity index (χ1v) is 23.2. The molecule has 2 aliphatic rings. The van der Waals surface area contributed by atoms with Crippen LogP contribution in [0.5, 0.6) is 11.5 Å². The predicted octanol–water partition coefficient (Wildman–Crippen LogP) is 11.9. The van der Waals surface area contributed by atoms with Gasteiger partial charge in [-0.3, -0.25) is 9.59 Å². The van der Waals surface area contributed by atoms with Crippen LogP contribution in [-0.2, 0) is 19.7 Å². The van der Waals surface area contributed by atoms with Crippen LogP contribution in [0.15, 0.2) is 75.0 Å². The van der Waals surface area contributed by atoms with E-state index in [2.05, 4.69) is 16.0 Å². The van der Waals surface area contributed by atoms with Crippen molar-refractivity contribution in [2.75, 3.05) is 29.2 Å². The van der Waals surface area contributed by atoms with Crippen LogP contribution in [0.25, 0.3) is 33.4 Å². The zero-order valence-electron chi connectivity index (χ0n) is 39.5. The Balaban J connectivity index is 0.00000380. The predicted molar refractivity (Wildman–Crippen MR) is 257 cm³/mol. The summed E-state index contributed by atoms with van der Waals surface area (Å²) in [5.74, 6) is 0.929. The molecule has 0 bridgehead atoms. The van der Waals surface area contributed by atoms with E-state index >= 15 is 0 Å². The van der Waals surface area contributed by atoms with Crippen LogP contribution in [0.1, 0.15) is 88.8 Å². The van der Waals surface area contributed by atoms with Gasteiger partial charge in [-0.05, 0) is 96.8 Å². The van der Waals surface area contributed by atoms with Gasteiger partial charge in [0, 0.05) is 74.0 Å². The Morgan fingerprint density at radius 3 is 1.80 bits per heavy atom. The van der Waals surface area contributed by atoms with Crippen molar-refractivity contribution >= 4 is 61.3 Å². The van der Waals surface area contributed by atoms with Crippen LogP contribution in [0.4, 0.5) is 28.4 Å². The van der Waals surface area contributed by atoms with Gasteiger partial charge in [0.1, 0.15) is 33.0 Å². The van der Waals surface area contributed by atoms with Gasteiger partial charge in [0.25, 0.3) is 0 Å². The Kier molecular flexibility index (Phi) is 15.4. The molecule has 4 aromatic carbocycles. The molecule has 1 aliphatic carbocycles. The van der Waals surface area contributed by atoms with Gasteiger partial charge in [0.2, 0.25) is 11.8 Å². The number of nitrogens with one attached hydrogen (secondary N) is 3. The molecule has 6 rings (SSSR count). The molecule has 0 saturated carbocycles. The maximum absolute atomic E-state index is 12.9. The van der Waals surface area contributed by atoms with Crippen molar-refractivity contribution in [3.05, 3.63) is 99.4 Å². The summed E-state index contributed by atoms with van der Waals surface area (Å²) < 4.78 is 57.1. The summed E-state index contributed by atoms with van der Waals surface area (Å²) in [6.07, 6.45) is 0. The van der Waals surface area contributed by atoms with E-state index in [-0.39, 0.29) is 34.1 Å². The average molecular weight is 890 g/mol. The molecule has 12 nitrogen and oxygen atoms in total. The highest BCUT2D eigenvalue weighted by Gasteiger charge is 2.25. The minimum atomic E-state index is -4.89. The number of benzene rings is 5. The number of ether oxygens (including phenoxy) is 2. The third-order valence-electron chi connectivity index (χ3n) is 11.1. The van der Waals surface area contributed by atoms with E-state index in [1.807, 2.05) is 115 Å². The lowest BCUT2D eigenvalue weighted by Gasteiger charge is -2.24. The SMILES string of the molecule is CC.CCOc1c(C)c(N=c2ccc3c(-c4ccccc4S(=O)(=O)[O-])c4ccc(Nc5c(C)c(NC(=O)C(C)C)c(C)c(OCC)c5C)cc4oc-3c2)c(C)c(NC(=O)C(C)C)c1C. The Bertz CT molecular complexity index is 2900. The van der Waals surface area contributed by atoms with Gasteiger partial charge < -0.3 is 34.4 Å². The second-order valence-corrected chi connectivity index (χ2v) is 17.4. The van der Waals surface area contributed by atoms with Gasteiger partial charge in [0.05, 0.1) is 46.2 Å². The fraction of sp³-hybridized carbons (Fsp3) is 0.353. The van der Waals surface area contributed by atoms with Crippen molar-refractivity contribution in [3.8, 4) is 33.9 Å². The van der Waals surface area contributed by atoms with Crippen molar-refractivity contribution in [2.24, 2.45) is 16.8 Å². The first-order chi connectivity index (χ1) is 30.3. The van der Waals surface area contributed by atoms with Gasteiger partial charge in [-0.15, -0.1) is 0 Å². The lowest BCUT2D eigenvalue weighted by molar-refractivity contribution is -0.119. The van der Waals surface area contributed by atoms with Crippen LogP contribution >= 0.6 is 0 Å². The molecule has 340 valence electrons. The zero-order valence-corrected chi connectivity index (χ0v) is 40.3.